The molecule has 0 aliphatic carbocycles. The van der Waals surface area contributed by atoms with E-state index in [0.29, 0.717) is 6.61 Å². The second-order valence-electron chi connectivity index (χ2n) is 5.87. The number of rotatable bonds is 11. The molecule has 0 atom stereocenters. The molecule has 130 valence electrons. The van der Waals surface area contributed by atoms with Crippen molar-refractivity contribution in [3.63, 3.8) is 0 Å². The fourth-order valence-corrected chi connectivity index (χ4v) is 2.53. The van der Waals surface area contributed by atoms with Gasteiger partial charge in [0.15, 0.2) is 0 Å². The van der Waals surface area contributed by atoms with Gasteiger partial charge in [-0.25, -0.2) is 0 Å². The predicted molar refractivity (Wildman–Crippen MR) is 101 cm³/mol. The average Bonchev–Trinajstić information content (AvgIpc) is 2.61. The Morgan fingerprint density at radius 2 is 1.62 bits per heavy atom. The van der Waals surface area contributed by atoms with Crippen LogP contribution in [-0.2, 0) is 6.54 Å². The summed E-state index contributed by atoms with van der Waals surface area (Å²) in [5.41, 5.74) is 2.27. The van der Waals surface area contributed by atoms with Gasteiger partial charge in [-0.3, -0.25) is 0 Å². The minimum absolute atomic E-state index is 0.689. The minimum Gasteiger partial charge on any atom is -0.494 e. The summed E-state index contributed by atoms with van der Waals surface area (Å²) in [7, 11) is 0. The Labute approximate surface area is 146 Å². The van der Waals surface area contributed by atoms with Crippen molar-refractivity contribution in [3.8, 4) is 11.5 Å². The van der Waals surface area contributed by atoms with Crippen molar-refractivity contribution in [1.82, 2.24) is 0 Å². The van der Waals surface area contributed by atoms with Crippen LogP contribution >= 0.6 is 0 Å². The molecule has 0 aliphatic rings. The van der Waals surface area contributed by atoms with E-state index >= 15 is 0 Å². The fourth-order valence-electron chi connectivity index (χ4n) is 2.53. The number of ether oxygens (including phenoxy) is 2. The van der Waals surface area contributed by atoms with E-state index in [-0.39, 0.29) is 0 Å². The molecule has 0 saturated carbocycles. The van der Waals surface area contributed by atoms with Crippen molar-refractivity contribution in [3.05, 3.63) is 54.1 Å². The van der Waals surface area contributed by atoms with Crippen LogP contribution < -0.4 is 14.8 Å². The topological polar surface area (TPSA) is 30.5 Å². The molecule has 0 spiro atoms. The molecule has 0 bridgehead atoms. The van der Waals surface area contributed by atoms with E-state index in [0.717, 1.165) is 36.8 Å². The molecule has 0 aliphatic heterocycles. The average molecular weight is 327 g/mol. The third kappa shape index (κ3) is 6.53. The van der Waals surface area contributed by atoms with Crippen molar-refractivity contribution in [2.24, 2.45) is 0 Å². The quantitative estimate of drug-likeness (QED) is 0.540. The van der Waals surface area contributed by atoms with Crippen LogP contribution in [0.15, 0.2) is 48.5 Å². The van der Waals surface area contributed by atoms with Crippen LogP contribution in [0.4, 0.5) is 5.69 Å². The van der Waals surface area contributed by atoms with Gasteiger partial charge in [-0.15, -0.1) is 0 Å². The van der Waals surface area contributed by atoms with Gasteiger partial charge in [0.05, 0.1) is 13.2 Å². The summed E-state index contributed by atoms with van der Waals surface area (Å²) in [6.45, 7) is 6.47. The second-order valence-corrected chi connectivity index (χ2v) is 5.87. The Morgan fingerprint density at radius 1 is 0.833 bits per heavy atom. The van der Waals surface area contributed by atoms with Gasteiger partial charge < -0.3 is 14.8 Å². The van der Waals surface area contributed by atoms with E-state index < -0.39 is 0 Å². The maximum absolute atomic E-state index is 5.84. The highest BCUT2D eigenvalue weighted by Gasteiger charge is 2.00. The lowest BCUT2D eigenvalue weighted by Gasteiger charge is -2.11. The number of benzene rings is 2. The van der Waals surface area contributed by atoms with Crippen LogP contribution in [-0.4, -0.2) is 13.2 Å². The molecule has 2 aromatic rings. The highest BCUT2D eigenvalue weighted by Crippen LogP contribution is 2.19. The molecule has 1 N–H and O–H groups in total. The highest BCUT2D eigenvalue weighted by molar-refractivity contribution is 5.48. The zero-order valence-corrected chi connectivity index (χ0v) is 14.9. The fraction of sp³-hybridized carbons (Fsp3) is 0.429. The van der Waals surface area contributed by atoms with Gasteiger partial charge in [-0.05, 0) is 43.2 Å². The van der Waals surface area contributed by atoms with Crippen molar-refractivity contribution in [2.75, 3.05) is 18.5 Å². The van der Waals surface area contributed by atoms with Crippen LogP contribution in [0.3, 0.4) is 0 Å². The van der Waals surface area contributed by atoms with Gasteiger partial charge in [0.1, 0.15) is 11.5 Å². The summed E-state index contributed by atoms with van der Waals surface area (Å²) in [5.74, 6) is 1.85. The number of hydrogen-bond donors (Lipinski definition) is 1. The summed E-state index contributed by atoms with van der Waals surface area (Å²) in [4.78, 5) is 0. The standard InChI is InChI=1S/C21H29NO2/c1-3-5-6-7-14-24-21-13-9-11-19(16-21)22-17-18-10-8-12-20(15-18)23-4-2/h8-13,15-16,22H,3-7,14,17H2,1-2H3. The minimum atomic E-state index is 0.689. The monoisotopic (exact) mass is 327 g/mol. The van der Waals surface area contributed by atoms with Crippen LogP contribution in [0, 0.1) is 0 Å². The van der Waals surface area contributed by atoms with E-state index in [9.17, 15) is 0 Å². The Bertz CT molecular complexity index is 598. The number of nitrogens with one attached hydrogen (secondary N) is 1. The maximum atomic E-state index is 5.84. The molecule has 2 rings (SSSR count). The van der Waals surface area contributed by atoms with Gasteiger partial charge in [-0.1, -0.05) is 44.4 Å². The number of unbranched alkanes of at least 4 members (excludes halogenated alkanes) is 3. The molecular formula is C21H29NO2. The lowest BCUT2D eigenvalue weighted by Crippen LogP contribution is -2.01. The largest absolute Gasteiger partial charge is 0.494 e. The molecule has 0 amide bonds. The van der Waals surface area contributed by atoms with Crippen molar-refractivity contribution in [1.29, 1.82) is 0 Å². The molecule has 0 fully saturated rings. The molecule has 0 radical (unpaired) electrons. The first-order chi connectivity index (χ1) is 11.8. The lowest BCUT2D eigenvalue weighted by atomic mass is 10.2. The molecule has 24 heavy (non-hydrogen) atoms. The highest BCUT2D eigenvalue weighted by atomic mass is 16.5. The Hall–Kier alpha value is -2.16. The molecule has 2 aromatic carbocycles. The van der Waals surface area contributed by atoms with Gasteiger partial charge in [0.25, 0.3) is 0 Å². The molecule has 0 heterocycles. The van der Waals surface area contributed by atoms with Gasteiger partial charge in [-0.2, -0.15) is 0 Å². The van der Waals surface area contributed by atoms with Crippen molar-refractivity contribution >= 4 is 5.69 Å². The van der Waals surface area contributed by atoms with E-state index in [1.165, 1.54) is 24.8 Å². The first kappa shape index (κ1) is 18.2. The van der Waals surface area contributed by atoms with E-state index in [1.807, 2.05) is 31.2 Å². The smallest absolute Gasteiger partial charge is 0.121 e. The third-order valence-corrected chi connectivity index (χ3v) is 3.81. The molecule has 3 heteroatoms. The zero-order chi connectivity index (χ0) is 17.0. The Balaban J connectivity index is 1.82. The van der Waals surface area contributed by atoms with Gasteiger partial charge in [0.2, 0.25) is 0 Å². The first-order valence-corrected chi connectivity index (χ1v) is 9.00. The Kier molecular flexibility index (Phi) is 8.02. The summed E-state index contributed by atoms with van der Waals surface area (Å²) in [5, 5.41) is 3.45. The van der Waals surface area contributed by atoms with Crippen molar-refractivity contribution in [2.45, 2.75) is 46.1 Å². The molecule has 0 aromatic heterocycles. The lowest BCUT2D eigenvalue weighted by molar-refractivity contribution is 0.305. The van der Waals surface area contributed by atoms with Crippen LogP contribution in [0.25, 0.3) is 0 Å². The van der Waals surface area contributed by atoms with Crippen LogP contribution in [0.1, 0.15) is 45.1 Å². The normalized spacial score (nSPS) is 10.4. The molecule has 0 unspecified atom stereocenters. The SMILES string of the molecule is CCCCCCOc1cccc(NCc2cccc(OCC)c2)c1. The summed E-state index contributed by atoms with van der Waals surface area (Å²) >= 11 is 0. The second kappa shape index (κ2) is 10.6. The van der Waals surface area contributed by atoms with Crippen LogP contribution in [0.2, 0.25) is 0 Å². The molecule has 0 saturated heterocycles. The van der Waals surface area contributed by atoms with Crippen LogP contribution in [0.5, 0.6) is 11.5 Å². The number of hydrogen-bond acceptors (Lipinski definition) is 3. The van der Waals surface area contributed by atoms with Crippen molar-refractivity contribution < 1.29 is 9.47 Å². The van der Waals surface area contributed by atoms with E-state index in [1.54, 1.807) is 0 Å². The van der Waals surface area contributed by atoms with E-state index in [4.69, 9.17) is 9.47 Å². The maximum Gasteiger partial charge on any atom is 0.121 e. The summed E-state index contributed by atoms with van der Waals surface area (Å²) in [6, 6.07) is 16.4. The first-order valence-electron chi connectivity index (χ1n) is 9.00. The van der Waals surface area contributed by atoms with Gasteiger partial charge >= 0.3 is 0 Å². The van der Waals surface area contributed by atoms with Gasteiger partial charge in [0, 0.05) is 18.3 Å². The van der Waals surface area contributed by atoms with E-state index in [2.05, 4.69) is 36.5 Å². The zero-order valence-electron chi connectivity index (χ0n) is 14.9. The molecular weight excluding hydrogens is 298 g/mol. The number of anilines is 1. The third-order valence-electron chi connectivity index (χ3n) is 3.81. The Morgan fingerprint density at radius 3 is 2.42 bits per heavy atom. The molecule has 3 nitrogen and oxygen atoms in total. The summed E-state index contributed by atoms with van der Waals surface area (Å²) < 4.78 is 11.4. The predicted octanol–water partition coefficient (Wildman–Crippen LogP) is 5.66. The summed E-state index contributed by atoms with van der Waals surface area (Å²) in [6.07, 6.45) is 4.90.